The molecular formula is C24H19ClN2O3S. The molecule has 1 heterocycles. The van der Waals surface area contributed by atoms with Gasteiger partial charge in [-0.15, -0.1) is 0 Å². The number of rotatable bonds is 6. The molecule has 0 unspecified atom stereocenters. The van der Waals surface area contributed by atoms with Gasteiger partial charge in [-0.3, -0.25) is 4.79 Å². The summed E-state index contributed by atoms with van der Waals surface area (Å²) in [7, 11) is -3.51. The highest BCUT2D eigenvalue weighted by molar-refractivity contribution is 7.90. The molecule has 1 aromatic heterocycles. The number of carbonyl (C=O) groups is 1. The maximum Gasteiger partial charge on any atom is 0.255 e. The SMILES string of the molecule is O=C(Nc1ccc(Cl)cc1-n1cccc1)c1cccc(CS(=O)(=O)c2ccccc2)c1. The van der Waals surface area contributed by atoms with E-state index in [0.717, 1.165) is 5.69 Å². The highest BCUT2D eigenvalue weighted by Crippen LogP contribution is 2.25. The van der Waals surface area contributed by atoms with Crippen molar-refractivity contribution < 1.29 is 13.2 Å². The average Bonchev–Trinajstić information content (AvgIpc) is 3.30. The fraction of sp³-hybridized carbons (Fsp3) is 0.0417. The third-order valence-corrected chi connectivity index (χ3v) is 6.68. The summed E-state index contributed by atoms with van der Waals surface area (Å²) in [6, 6.07) is 23.9. The van der Waals surface area contributed by atoms with Gasteiger partial charge in [0.1, 0.15) is 0 Å². The van der Waals surface area contributed by atoms with Crippen molar-refractivity contribution in [3.63, 3.8) is 0 Å². The van der Waals surface area contributed by atoms with Gasteiger partial charge in [-0.05, 0) is 60.2 Å². The van der Waals surface area contributed by atoms with Gasteiger partial charge in [0.2, 0.25) is 0 Å². The van der Waals surface area contributed by atoms with Crippen LogP contribution in [-0.2, 0) is 15.6 Å². The molecule has 0 aliphatic carbocycles. The molecule has 4 aromatic rings. The van der Waals surface area contributed by atoms with E-state index in [2.05, 4.69) is 5.32 Å². The highest BCUT2D eigenvalue weighted by atomic mass is 35.5. The Bertz CT molecular complexity index is 1320. The molecule has 1 amide bonds. The van der Waals surface area contributed by atoms with E-state index in [1.807, 2.05) is 29.1 Å². The first-order chi connectivity index (χ1) is 14.9. The van der Waals surface area contributed by atoms with Gasteiger partial charge in [0.25, 0.3) is 5.91 Å². The maximum absolute atomic E-state index is 12.9. The molecule has 3 aromatic carbocycles. The number of hydrogen-bond acceptors (Lipinski definition) is 3. The first kappa shape index (κ1) is 20.9. The van der Waals surface area contributed by atoms with Crippen LogP contribution in [0.25, 0.3) is 5.69 Å². The van der Waals surface area contributed by atoms with Crippen LogP contribution < -0.4 is 5.32 Å². The van der Waals surface area contributed by atoms with Gasteiger partial charge in [-0.25, -0.2) is 8.42 Å². The zero-order valence-corrected chi connectivity index (χ0v) is 18.0. The number of hydrogen-bond donors (Lipinski definition) is 1. The molecule has 0 aliphatic rings. The number of sulfone groups is 1. The number of nitrogens with one attached hydrogen (secondary N) is 1. The van der Waals surface area contributed by atoms with E-state index in [4.69, 9.17) is 11.6 Å². The number of carbonyl (C=O) groups excluding carboxylic acids is 1. The van der Waals surface area contributed by atoms with Crippen LogP contribution in [-0.4, -0.2) is 18.9 Å². The standard InChI is InChI=1S/C24H19ClN2O3S/c25-20-11-12-22(23(16-20)27-13-4-5-14-27)26-24(28)19-8-6-7-18(15-19)17-31(29,30)21-9-2-1-3-10-21/h1-16H,17H2,(H,26,28). The first-order valence-electron chi connectivity index (χ1n) is 9.53. The van der Waals surface area contributed by atoms with Crippen LogP contribution >= 0.6 is 11.6 Å². The van der Waals surface area contributed by atoms with Crippen molar-refractivity contribution in [2.75, 3.05) is 5.32 Å². The number of aromatic nitrogens is 1. The van der Waals surface area contributed by atoms with E-state index in [1.165, 1.54) is 0 Å². The second kappa shape index (κ2) is 8.79. The molecule has 0 aliphatic heterocycles. The number of amides is 1. The highest BCUT2D eigenvalue weighted by Gasteiger charge is 2.17. The van der Waals surface area contributed by atoms with E-state index in [-0.39, 0.29) is 16.6 Å². The third-order valence-electron chi connectivity index (χ3n) is 4.74. The van der Waals surface area contributed by atoms with E-state index in [1.54, 1.807) is 72.8 Å². The molecular weight excluding hydrogens is 432 g/mol. The van der Waals surface area contributed by atoms with E-state index < -0.39 is 9.84 Å². The van der Waals surface area contributed by atoms with Crippen LogP contribution in [0.2, 0.25) is 5.02 Å². The number of halogens is 1. The summed E-state index contributed by atoms with van der Waals surface area (Å²) in [5.41, 5.74) is 2.23. The van der Waals surface area contributed by atoms with Crippen molar-refractivity contribution in [1.82, 2.24) is 4.57 Å². The molecule has 0 saturated carbocycles. The van der Waals surface area contributed by atoms with Gasteiger partial charge >= 0.3 is 0 Å². The van der Waals surface area contributed by atoms with Gasteiger partial charge in [0, 0.05) is 23.0 Å². The number of anilines is 1. The molecule has 0 spiro atoms. The molecule has 0 fully saturated rings. The van der Waals surface area contributed by atoms with Crippen molar-refractivity contribution in [3.8, 4) is 5.69 Å². The lowest BCUT2D eigenvalue weighted by Gasteiger charge is -2.13. The fourth-order valence-electron chi connectivity index (χ4n) is 3.25. The lowest BCUT2D eigenvalue weighted by Crippen LogP contribution is -2.14. The Hall–Kier alpha value is -3.35. The molecule has 0 atom stereocenters. The van der Waals surface area contributed by atoms with Crippen molar-refractivity contribution >= 4 is 33.0 Å². The minimum absolute atomic E-state index is 0.187. The summed E-state index contributed by atoms with van der Waals surface area (Å²) in [5, 5.41) is 3.45. The molecule has 0 saturated heterocycles. The van der Waals surface area contributed by atoms with Crippen LogP contribution in [0.5, 0.6) is 0 Å². The fourth-order valence-corrected chi connectivity index (χ4v) is 4.77. The lowest BCUT2D eigenvalue weighted by atomic mass is 10.1. The van der Waals surface area contributed by atoms with Gasteiger partial charge in [0.15, 0.2) is 9.84 Å². The molecule has 0 bridgehead atoms. The van der Waals surface area contributed by atoms with Crippen LogP contribution in [0.15, 0.2) is 102 Å². The monoisotopic (exact) mass is 450 g/mol. The predicted octanol–water partition coefficient (Wildman–Crippen LogP) is 5.36. The molecule has 7 heteroatoms. The molecule has 5 nitrogen and oxygen atoms in total. The van der Waals surface area contributed by atoms with Crippen molar-refractivity contribution in [2.45, 2.75) is 10.6 Å². The minimum atomic E-state index is -3.51. The van der Waals surface area contributed by atoms with Gasteiger partial charge in [-0.1, -0.05) is 41.9 Å². The maximum atomic E-state index is 12.9. The Labute approximate surface area is 185 Å². The van der Waals surface area contributed by atoms with Crippen LogP contribution in [0.1, 0.15) is 15.9 Å². The summed E-state index contributed by atoms with van der Waals surface area (Å²) < 4.78 is 27.2. The molecule has 1 N–H and O–H groups in total. The van der Waals surface area contributed by atoms with Crippen molar-refractivity contribution in [1.29, 1.82) is 0 Å². The van der Waals surface area contributed by atoms with Crippen molar-refractivity contribution in [3.05, 3.63) is 113 Å². The van der Waals surface area contributed by atoms with Crippen LogP contribution in [0.3, 0.4) is 0 Å². The Morgan fingerprint density at radius 2 is 1.61 bits per heavy atom. The Balaban J connectivity index is 1.57. The number of nitrogens with zero attached hydrogens (tertiary/aromatic N) is 1. The van der Waals surface area contributed by atoms with Gasteiger partial charge in [0.05, 0.1) is 22.0 Å². The van der Waals surface area contributed by atoms with Gasteiger partial charge in [-0.2, -0.15) is 0 Å². The second-order valence-corrected chi connectivity index (χ2v) is 9.40. The third kappa shape index (κ3) is 4.87. The zero-order chi connectivity index (χ0) is 21.8. The zero-order valence-electron chi connectivity index (χ0n) is 16.4. The lowest BCUT2D eigenvalue weighted by molar-refractivity contribution is 0.102. The topological polar surface area (TPSA) is 68.2 Å². The van der Waals surface area contributed by atoms with Crippen molar-refractivity contribution in [2.24, 2.45) is 0 Å². The minimum Gasteiger partial charge on any atom is -0.322 e. The second-order valence-electron chi connectivity index (χ2n) is 6.98. The summed E-state index contributed by atoms with van der Waals surface area (Å²) >= 11 is 6.14. The van der Waals surface area contributed by atoms with Crippen LogP contribution in [0, 0.1) is 0 Å². The quantitative estimate of drug-likeness (QED) is 0.430. The predicted molar refractivity (Wildman–Crippen MR) is 123 cm³/mol. The summed E-state index contributed by atoms with van der Waals surface area (Å²) in [6.07, 6.45) is 3.72. The van der Waals surface area contributed by atoms with Gasteiger partial charge < -0.3 is 9.88 Å². The smallest absolute Gasteiger partial charge is 0.255 e. The van der Waals surface area contributed by atoms with E-state index >= 15 is 0 Å². The normalized spacial score (nSPS) is 11.3. The molecule has 156 valence electrons. The molecule has 31 heavy (non-hydrogen) atoms. The van der Waals surface area contributed by atoms with Crippen LogP contribution in [0.4, 0.5) is 5.69 Å². The Kier molecular flexibility index (Phi) is 5.93. The largest absolute Gasteiger partial charge is 0.322 e. The van der Waals surface area contributed by atoms with E-state index in [0.29, 0.717) is 21.8 Å². The molecule has 0 radical (unpaired) electrons. The Morgan fingerprint density at radius 3 is 2.35 bits per heavy atom. The first-order valence-corrected chi connectivity index (χ1v) is 11.6. The Morgan fingerprint density at radius 1 is 0.871 bits per heavy atom. The summed E-state index contributed by atoms with van der Waals surface area (Å²) in [4.78, 5) is 13.2. The average molecular weight is 451 g/mol. The summed E-state index contributed by atoms with van der Waals surface area (Å²) in [6.45, 7) is 0. The summed E-state index contributed by atoms with van der Waals surface area (Å²) in [5.74, 6) is -0.525. The number of benzene rings is 3. The van der Waals surface area contributed by atoms with E-state index in [9.17, 15) is 13.2 Å². The molecule has 4 rings (SSSR count).